The van der Waals surface area contributed by atoms with E-state index < -0.39 is 0 Å². The summed E-state index contributed by atoms with van der Waals surface area (Å²) in [5.41, 5.74) is 3.93. The van der Waals surface area contributed by atoms with Crippen LogP contribution in [0.15, 0.2) is 60.7 Å². The van der Waals surface area contributed by atoms with E-state index in [-0.39, 0.29) is 11.5 Å². The monoisotopic (exact) mass is 312 g/mol. The van der Waals surface area contributed by atoms with Crippen LogP contribution < -0.4 is 0 Å². The molecule has 0 saturated carbocycles. The Kier molecular flexibility index (Phi) is 2.66. The average Bonchev–Trinajstić information content (AvgIpc) is 2.60. The molecule has 0 radical (unpaired) electrons. The second-order valence-corrected chi connectivity index (χ2v) is 6.53. The molecule has 24 heavy (non-hydrogen) atoms. The van der Waals surface area contributed by atoms with Gasteiger partial charge in [0.1, 0.15) is 11.5 Å². The Labute approximate surface area is 139 Å². The van der Waals surface area contributed by atoms with Gasteiger partial charge in [-0.15, -0.1) is 0 Å². The van der Waals surface area contributed by atoms with Crippen molar-refractivity contribution in [3.63, 3.8) is 0 Å². The predicted molar refractivity (Wildman–Crippen MR) is 97.6 cm³/mol. The van der Waals surface area contributed by atoms with Gasteiger partial charge in [-0.3, -0.25) is 0 Å². The molecule has 4 aromatic rings. The van der Waals surface area contributed by atoms with Gasteiger partial charge in [0.2, 0.25) is 0 Å². The van der Waals surface area contributed by atoms with Gasteiger partial charge in [-0.05, 0) is 57.6 Å². The van der Waals surface area contributed by atoms with E-state index in [9.17, 15) is 10.2 Å². The third-order valence-electron chi connectivity index (χ3n) is 5.08. The Bertz CT molecular complexity index is 1030. The predicted octanol–water partition coefficient (Wildman–Crippen LogP) is 5.17. The number of hydrogen-bond acceptors (Lipinski definition) is 2. The first-order valence-electron chi connectivity index (χ1n) is 8.20. The highest BCUT2D eigenvalue weighted by molar-refractivity contribution is 6.09. The Morgan fingerprint density at radius 3 is 1.42 bits per heavy atom. The molecule has 0 aliphatic heterocycles. The molecule has 1 aliphatic carbocycles. The fourth-order valence-corrected chi connectivity index (χ4v) is 3.84. The summed E-state index contributed by atoms with van der Waals surface area (Å²) in [6.07, 6.45) is 1.93. The van der Waals surface area contributed by atoms with Crippen LogP contribution in [0.5, 0.6) is 11.5 Å². The lowest BCUT2D eigenvalue weighted by Gasteiger charge is -2.17. The van der Waals surface area contributed by atoms with Gasteiger partial charge in [-0.1, -0.05) is 48.5 Å². The number of phenolic OH excluding ortho intramolecular Hbond substituents is 2. The molecule has 5 rings (SSSR count). The molecule has 116 valence electrons. The van der Waals surface area contributed by atoms with Crippen LogP contribution in [0, 0.1) is 0 Å². The molecule has 4 bridgehead atoms. The number of rotatable bonds is 0. The van der Waals surface area contributed by atoms with Crippen LogP contribution in [-0.2, 0) is 12.8 Å². The van der Waals surface area contributed by atoms with Gasteiger partial charge in [0.25, 0.3) is 0 Å². The average molecular weight is 312 g/mol. The summed E-state index contributed by atoms with van der Waals surface area (Å²) in [5, 5.41) is 25.3. The van der Waals surface area contributed by atoms with Crippen LogP contribution in [0.2, 0.25) is 0 Å². The third-order valence-corrected chi connectivity index (χ3v) is 5.08. The minimum atomic E-state index is 0.202. The van der Waals surface area contributed by atoms with Crippen molar-refractivity contribution in [2.45, 2.75) is 12.8 Å². The van der Waals surface area contributed by atoms with E-state index in [2.05, 4.69) is 36.4 Å². The van der Waals surface area contributed by atoms with Gasteiger partial charge < -0.3 is 10.2 Å². The maximum atomic E-state index is 10.6. The summed E-state index contributed by atoms with van der Waals surface area (Å²) in [7, 11) is 0. The second-order valence-electron chi connectivity index (χ2n) is 6.53. The van der Waals surface area contributed by atoms with Gasteiger partial charge in [0.05, 0.1) is 0 Å². The van der Waals surface area contributed by atoms with Crippen molar-refractivity contribution in [3.8, 4) is 22.6 Å². The summed E-state index contributed by atoms with van der Waals surface area (Å²) in [6.45, 7) is 0. The van der Waals surface area contributed by atoms with Crippen LogP contribution in [0.3, 0.4) is 0 Å². The molecule has 1 aliphatic rings. The van der Waals surface area contributed by atoms with Crippen LogP contribution in [0.1, 0.15) is 11.1 Å². The van der Waals surface area contributed by atoms with Crippen molar-refractivity contribution in [2.75, 3.05) is 0 Å². The first-order valence-corrected chi connectivity index (χ1v) is 8.20. The molecule has 4 aromatic carbocycles. The molecular formula is C22H16O2. The molecule has 0 unspecified atom stereocenters. The highest BCUT2D eigenvalue weighted by atomic mass is 16.3. The lowest BCUT2D eigenvalue weighted by atomic mass is 9.88. The van der Waals surface area contributed by atoms with Crippen molar-refractivity contribution in [1.29, 1.82) is 0 Å². The lowest BCUT2D eigenvalue weighted by Crippen LogP contribution is -1.96. The minimum Gasteiger partial charge on any atom is -0.507 e. The van der Waals surface area contributed by atoms with Gasteiger partial charge in [-0.2, -0.15) is 0 Å². The topological polar surface area (TPSA) is 40.5 Å². The molecule has 0 saturated heterocycles. The maximum absolute atomic E-state index is 10.6. The molecule has 2 nitrogen and oxygen atoms in total. The van der Waals surface area contributed by atoms with E-state index in [1.165, 1.54) is 11.1 Å². The molecule has 0 heterocycles. The highest BCUT2D eigenvalue weighted by Crippen LogP contribution is 2.45. The SMILES string of the molecule is Oc1ccc2ccc3cc2c1-c1c(O)ccc2ccc(cc12)CC3. The normalized spacial score (nSPS) is 13.0. The summed E-state index contributed by atoms with van der Waals surface area (Å²) in [5.74, 6) is 0.404. The van der Waals surface area contributed by atoms with Crippen molar-refractivity contribution < 1.29 is 10.2 Å². The molecule has 0 fully saturated rings. The quantitative estimate of drug-likeness (QED) is 0.470. The Morgan fingerprint density at radius 1 is 0.542 bits per heavy atom. The molecule has 2 heteroatoms. The molecule has 0 spiro atoms. The fraction of sp³-hybridized carbons (Fsp3) is 0.0909. The molecule has 2 N–H and O–H groups in total. The fourth-order valence-electron chi connectivity index (χ4n) is 3.84. The number of hydrogen-bond donors (Lipinski definition) is 2. The van der Waals surface area contributed by atoms with Crippen LogP contribution in [-0.4, -0.2) is 10.2 Å². The zero-order valence-corrected chi connectivity index (χ0v) is 13.1. The standard InChI is InChI=1S/C22H16O2/c23-19-9-7-15-5-3-13-1-2-14-4-6-16-8-10-20(24)22(18(16)12-14)21(19)17(15)11-13/h3-12,23-24H,1-2H2. The molecule has 0 amide bonds. The van der Waals surface area contributed by atoms with Crippen molar-refractivity contribution >= 4 is 21.5 Å². The van der Waals surface area contributed by atoms with Gasteiger partial charge >= 0.3 is 0 Å². The van der Waals surface area contributed by atoms with E-state index in [1.807, 2.05) is 12.1 Å². The van der Waals surface area contributed by atoms with Crippen molar-refractivity contribution in [1.82, 2.24) is 0 Å². The lowest BCUT2D eigenvalue weighted by molar-refractivity contribution is 0.470. The number of aromatic hydroxyl groups is 2. The van der Waals surface area contributed by atoms with Gasteiger partial charge in [0.15, 0.2) is 0 Å². The van der Waals surface area contributed by atoms with Crippen molar-refractivity contribution in [3.05, 3.63) is 71.8 Å². The van der Waals surface area contributed by atoms with Crippen LogP contribution in [0.4, 0.5) is 0 Å². The van der Waals surface area contributed by atoms with Crippen molar-refractivity contribution in [2.24, 2.45) is 0 Å². The summed E-state index contributed by atoms with van der Waals surface area (Å²) in [6, 6.07) is 20.1. The Balaban J connectivity index is 2.06. The third kappa shape index (κ3) is 1.83. The number of benzene rings is 4. The maximum Gasteiger partial charge on any atom is 0.124 e. The number of fused-ring (bicyclic) bond motifs is 3. The first kappa shape index (κ1) is 13.4. The first-order chi connectivity index (χ1) is 11.7. The number of phenols is 2. The largest absolute Gasteiger partial charge is 0.507 e. The summed E-state index contributed by atoms with van der Waals surface area (Å²) in [4.78, 5) is 0. The van der Waals surface area contributed by atoms with Crippen LogP contribution in [0.25, 0.3) is 32.7 Å². The van der Waals surface area contributed by atoms with E-state index >= 15 is 0 Å². The highest BCUT2D eigenvalue weighted by Gasteiger charge is 2.18. The van der Waals surface area contributed by atoms with Gasteiger partial charge in [-0.25, -0.2) is 0 Å². The smallest absolute Gasteiger partial charge is 0.124 e. The van der Waals surface area contributed by atoms with E-state index in [0.29, 0.717) is 0 Å². The zero-order valence-electron chi connectivity index (χ0n) is 13.1. The second kappa shape index (κ2) is 4.75. The Morgan fingerprint density at radius 2 is 0.958 bits per heavy atom. The van der Waals surface area contributed by atoms with E-state index in [0.717, 1.165) is 45.5 Å². The van der Waals surface area contributed by atoms with Crippen LogP contribution >= 0.6 is 0 Å². The molecule has 0 atom stereocenters. The summed E-state index contributed by atoms with van der Waals surface area (Å²) >= 11 is 0. The molecule has 0 aromatic heterocycles. The van der Waals surface area contributed by atoms with E-state index in [1.54, 1.807) is 12.1 Å². The molecular weight excluding hydrogens is 296 g/mol. The zero-order chi connectivity index (χ0) is 16.3. The van der Waals surface area contributed by atoms with E-state index in [4.69, 9.17) is 0 Å². The Hall–Kier alpha value is -3.00. The minimum absolute atomic E-state index is 0.202. The number of aryl methyl sites for hydroxylation is 2. The van der Waals surface area contributed by atoms with Gasteiger partial charge in [0, 0.05) is 11.1 Å². The summed E-state index contributed by atoms with van der Waals surface area (Å²) < 4.78 is 0.